The molecule has 1 unspecified atom stereocenters. The maximum Gasteiger partial charge on any atom is 0.0527 e. The lowest BCUT2D eigenvalue weighted by molar-refractivity contribution is 0.664. The molecule has 0 amide bonds. The predicted molar refractivity (Wildman–Crippen MR) is 180 cm³/mol. The number of hydrogen-bond acceptors (Lipinski definition) is 4. The second-order valence-electron chi connectivity index (χ2n) is 10.9. The predicted octanol–water partition coefficient (Wildman–Crippen LogP) is 9.16. The standard InChI is InChI=1S/C38H31N3S/c39-29-17-13-27(14-18-29)35-34(26-8-2-1-3-9-26)36(28-15-19-30(40)20-16-28)42-37(35)38(23-21-31(41)22-24-38)33-12-6-10-25-7-4-5-11-32(25)33/h1-23H,24,39-41H2. The van der Waals surface area contributed by atoms with E-state index in [1.165, 1.54) is 42.8 Å². The van der Waals surface area contributed by atoms with Crippen LogP contribution in [0, 0.1) is 0 Å². The summed E-state index contributed by atoms with van der Waals surface area (Å²) in [6.45, 7) is 0. The smallest absolute Gasteiger partial charge is 0.0527 e. The lowest BCUT2D eigenvalue weighted by Gasteiger charge is -2.34. The van der Waals surface area contributed by atoms with Crippen LogP contribution >= 0.6 is 11.3 Å². The molecule has 7 rings (SSSR count). The minimum Gasteiger partial charge on any atom is -0.399 e. The first-order chi connectivity index (χ1) is 20.5. The highest BCUT2D eigenvalue weighted by Gasteiger charge is 2.39. The zero-order valence-corrected chi connectivity index (χ0v) is 23.9. The Bertz CT molecular complexity index is 1960. The van der Waals surface area contributed by atoms with Crippen LogP contribution in [0.5, 0.6) is 0 Å². The summed E-state index contributed by atoms with van der Waals surface area (Å²) < 4.78 is 0. The number of benzene rings is 5. The van der Waals surface area contributed by atoms with Gasteiger partial charge < -0.3 is 17.2 Å². The van der Waals surface area contributed by atoms with Gasteiger partial charge in [0.1, 0.15) is 0 Å². The highest BCUT2D eigenvalue weighted by atomic mass is 32.1. The minimum atomic E-state index is -0.444. The molecule has 0 bridgehead atoms. The average molecular weight is 562 g/mol. The molecule has 1 atom stereocenters. The second kappa shape index (κ2) is 10.4. The molecule has 3 nitrogen and oxygen atoms in total. The van der Waals surface area contributed by atoms with Gasteiger partial charge in [0.25, 0.3) is 0 Å². The zero-order valence-electron chi connectivity index (χ0n) is 23.1. The first-order valence-electron chi connectivity index (χ1n) is 14.1. The summed E-state index contributed by atoms with van der Waals surface area (Å²) >= 11 is 1.86. The number of nitrogens with two attached hydrogens (primary N) is 3. The molecule has 0 saturated heterocycles. The number of rotatable bonds is 5. The van der Waals surface area contributed by atoms with Gasteiger partial charge in [-0.2, -0.15) is 0 Å². The van der Waals surface area contributed by atoms with Gasteiger partial charge in [0.15, 0.2) is 0 Å². The summed E-state index contributed by atoms with van der Waals surface area (Å²) in [6.07, 6.45) is 7.31. The van der Waals surface area contributed by atoms with Crippen molar-refractivity contribution in [1.29, 1.82) is 0 Å². The van der Waals surface area contributed by atoms with Crippen LogP contribution in [0.1, 0.15) is 16.9 Å². The summed E-state index contributed by atoms with van der Waals surface area (Å²) in [7, 11) is 0. The van der Waals surface area contributed by atoms with Gasteiger partial charge in [-0.1, -0.05) is 109 Å². The number of fused-ring (bicyclic) bond motifs is 1. The molecule has 1 heterocycles. The maximum absolute atomic E-state index is 6.37. The second-order valence-corrected chi connectivity index (χ2v) is 11.9. The van der Waals surface area contributed by atoms with Gasteiger partial charge in [-0.05, 0) is 69.8 Å². The summed E-state index contributed by atoms with van der Waals surface area (Å²) in [5, 5.41) is 2.46. The first kappa shape index (κ1) is 25.9. The zero-order chi connectivity index (χ0) is 28.7. The molecule has 1 aliphatic rings. The number of nitrogen functional groups attached to an aromatic ring is 2. The largest absolute Gasteiger partial charge is 0.399 e. The first-order valence-corrected chi connectivity index (χ1v) is 14.9. The van der Waals surface area contributed by atoms with Gasteiger partial charge in [-0.25, -0.2) is 0 Å². The van der Waals surface area contributed by atoms with E-state index >= 15 is 0 Å². The van der Waals surface area contributed by atoms with Gasteiger partial charge in [0, 0.05) is 38.0 Å². The van der Waals surface area contributed by atoms with Crippen molar-refractivity contribution < 1.29 is 0 Å². The van der Waals surface area contributed by atoms with Crippen molar-refractivity contribution in [3.63, 3.8) is 0 Å². The van der Waals surface area contributed by atoms with Crippen LogP contribution in [0.25, 0.3) is 43.5 Å². The Morgan fingerprint density at radius 3 is 1.88 bits per heavy atom. The lowest BCUT2D eigenvalue weighted by Crippen LogP contribution is -2.27. The van der Waals surface area contributed by atoms with E-state index < -0.39 is 5.41 Å². The van der Waals surface area contributed by atoms with Gasteiger partial charge >= 0.3 is 0 Å². The third-order valence-electron chi connectivity index (χ3n) is 8.24. The van der Waals surface area contributed by atoms with E-state index in [1.54, 1.807) is 0 Å². The molecule has 42 heavy (non-hydrogen) atoms. The van der Waals surface area contributed by atoms with Crippen molar-refractivity contribution in [2.45, 2.75) is 11.8 Å². The molecule has 204 valence electrons. The van der Waals surface area contributed by atoms with Crippen molar-refractivity contribution in [1.82, 2.24) is 0 Å². The summed E-state index contributed by atoms with van der Waals surface area (Å²) in [4.78, 5) is 2.48. The van der Waals surface area contributed by atoms with Crippen molar-refractivity contribution in [2.75, 3.05) is 11.5 Å². The molecule has 0 spiro atoms. The number of allylic oxidation sites excluding steroid dienone is 3. The van der Waals surface area contributed by atoms with Crippen LogP contribution in [-0.4, -0.2) is 0 Å². The summed E-state index contributed by atoms with van der Waals surface area (Å²) in [5.74, 6) is 0. The van der Waals surface area contributed by atoms with Crippen molar-refractivity contribution in [2.24, 2.45) is 5.73 Å². The topological polar surface area (TPSA) is 78.1 Å². The third-order valence-corrected chi connectivity index (χ3v) is 9.65. The van der Waals surface area contributed by atoms with Crippen LogP contribution < -0.4 is 17.2 Å². The molecule has 0 aliphatic heterocycles. The van der Waals surface area contributed by atoms with Crippen molar-refractivity contribution in [3.8, 4) is 32.7 Å². The molecular weight excluding hydrogens is 531 g/mol. The van der Waals surface area contributed by atoms with E-state index in [0.717, 1.165) is 34.6 Å². The molecule has 0 saturated carbocycles. The minimum absolute atomic E-state index is 0.444. The Balaban J connectivity index is 1.63. The molecule has 1 aromatic heterocycles. The number of thiophene rings is 1. The molecule has 5 aromatic carbocycles. The van der Waals surface area contributed by atoms with Gasteiger partial charge in [0.2, 0.25) is 0 Å². The van der Waals surface area contributed by atoms with E-state index in [2.05, 4.69) is 115 Å². The number of anilines is 2. The Kier molecular flexibility index (Phi) is 6.41. The van der Waals surface area contributed by atoms with Gasteiger partial charge in [0.05, 0.1) is 5.41 Å². The fourth-order valence-corrected chi connectivity index (χ4v) is 7.69. The molecular formula is C38H31N3S. The SMILES string of the molecule is NC1=CCC(c2sc(-c3ccc(N)cc3)c(-c3ccccc3)c2-c2ccc(N)cc2)(c2cccc3ccccc23)C=C1. The molecule has 0 radical (unpaired) electrons. The quantitative estimate of drug-likeness (QED) is 0.184. The van der Waals surface area contributed by atoms with Crippen LogP contribution in [0.4, 0.5) is 11.4 Å². The van der Waals surface area contributed by atoms with E-state index in [4.69, 9.17) is 17.2 Å². The normalized spacial score (nSPS) is 16.4. The Hall–Kier alpha value is -5.06. The van der Waals surface area contributed by atoms with E-state index in [9.17, 15) is 0 Å². The van der Waals surface area contributed by atoms with Crippen LogP contribution in [0.3, 0.4) is 0 Å². The van der Waals surface area contributed by atoms with Gasteiger partial charge in [-0.3, -0.25) is 0 Å². The Labute approximate surface area is 250 Å². The molecule has 6 aromatic rings. The van der Waals surface area contributed by atoms with Crippen molar-refractivity contribution >= 4 is 33.5 Å². The Morgan fingerprint density at radius 1 is 0.571 bits per heavy atom. The van der Waals surface area contributed by atoms with Crippen LogP contribution in [0.2, 0.25) is 0 Å². The van der Waals surface area contributed by atoms with Crippen molar-refractivity contribution in [3.05, 3.63) is 156 Å². The average Bonchev–Trinajstić information content (AvgIpc) is 3.44. The maximum atomic E-state index is 6.37. The third kappa shape index (κ3) is 4.37. The molecule has 1 aliphatic carbocycles. The van der Waals surface area contributed by atoms with Crippen LogP contribution in [0.15, 0.2) is 145 Å². The highest BCUT2D eigenvalue weighted by Crippen LogP contribution is 2.56. The van der Waals surface area contributed by atoms with E-state index in [-0.39, 0.29) is 0 Å². The fraction of sp³-hybridized carbons (Fsp3) is 0.0526. The van der Waals surface area contributed by atoms with Crippen LogP contribution in [-0.2, 0) is 5.41 Å². The molecule has 4 heteroatoms. The van der Waals surface area contributed by atoms with Gasteiger partial charge in [-0.15, -0.1) is 11.3 Å². The Morgan fingerprint density at radius 2 is 1.19 bits per heavy atom. The van der Waals surface area contributed by atoms with E-state index in [1.807, 2.05) is 35.6 Å². The molecule has 0 fully saturated rings. The lowest BCUT2D eigenvalue weighted by atomic mass is 9.70. The van der Waals surface area contributed by atoms with E-state index in [0.29, 0.717) is 0 Å². The summed E-state index contributed by atoms with van der Waals surface area (Å²) in [5.41, 5.74) is 27.7. The monoisotopic (exact) mass is 561 g/mol. The highest BCUT2D eigenvalue weighted by molar-refractivity contribution is 7.17. The molecule has 6 N–H and O–H groups in total. The summed E-state index contributed by atoms with van der Waals surface area (Å²) in [6, 6.07) is 42.5. The number of hydrogen-bond donors (Lipinski definition) is 3. The fourth-order valence-electron chi connectivity index (χ4n) is 6.15.